The van der Waals surface area contributed by atoms with Gasteiger partial charge in [0.25, 0.3) is 0 Å². The van der Waals surface area contributed by atoms with Crippen molar-refractivity contribution in [3.05, 3.63) is 28.2 Å². The molecule has 0 saturated carbocycles. The van der Waals surface area contributed by atoms with Crippen LogP contribution in [-0.4, -0.2) is 32.4 Å². The molecule has 1 aromatic carbocycles. The van der Waals surface area contributed by atoms with E-state index in [0.29, 0.717) is 5.02 Å². The van der Waals surface area contributed by atoms with Crippen LogP contribution in [0.15, 0.2) is 23.1 Å². The first kappa shape index (κ1) is 18.0. The van der Waals surface area contributed by atoms with Crippen molar-refractivity contribution >= 4 is 45.6 Å². The number of sulfonamides is 1. The topological polar surface area (TPSA) is 63.4 Å². The number of likely N-dealkylation sites (N-methyl/N-ethyl adjacent to an activating group) is 1. The molecule has 0 aliphatic rings. The van der Waals surface area contributed by atoms with E-state index in [4.69, 9.17) is 28.9 Å². The summed E-state index contributed by atoms with van der Waals surface area (Å²) in [5.41, 5.74) is 5.45. The maximum absolute atomic E-state index is 12.2. The third-order valence-corrected chi connectivity index (χ3v) is 5.24. The molecule has 0 aliphatic carbocycles. The molecular formula is C10H15Cl3N2O2S. The average molecular weight is 334 g/mol. The lowest BCUT2D eigenvalue weighted by molar-refractivity contribution is 0.394. The Bertz CT molecular complexity index is 508. The molecule has 0 amide bonds. The summed E-state index contributed by atoms with van der Waals surface area (Å²) in [6.07, 6.45) is 0. The van der Waals surface area contributed by atoms with Crippen molar-refractivity contribution in [2.24, 2.45) is 5.73 Å². The van der Waals surface area contributed by atoms with Crippen LogP contribution in [0, 0.1) is 0 Å². The van der Waals surface area contributed by atoms with Gasteiger partial charge in [0.05, 0.1) is 14.9 Å². The van der Waals surface area contributed by atoms with E-state index in [0.717, 1.165) is 0 Å². The first-order valence-corrected chi connectivity index (χ1v) is 7.13. The predicted molar refractivity (Wildman–Crippen MR) is 77.2 cm³/mol. The molecule has 0 aliphatic heterocycles. The summed E-state index contributed by atoms with van der Waals surface area (Å²) in [7, 11) is -2.10. The Balaban J connectivity index is 0.00000289. The van der Waals surface area contributed by atoms with Gasteiger partial charge in [0.1, 0.15) is 0 Å². The van der Waals surface area contributed by atoms with E-state index in [2.05, 4.69) is 0 Å². The molecule has 0 spiro atoms. The van der Waals surface area contributed by atoms with Crippen molar-refractivity contribution in [2.45, 2.75) is 17.9 Å². The molecule has 1 aromatic rings. The van der Waals surface area contributed by atoms with Gasteiger partial charge in [-0.05, 0) is 25.1 Å². The minimum absolute atomic E-state index is 0. The van der Waals surface area contributed by atoms with Crippen LogP contribution in [0.3, 0.4) is 0 Å². The van der Waals surface area contributed by atoms with Gasteiger partial charge in [-0.1, -0.05) is 23.2 Å². The monoisotopic (exact) mass is 332 g/mol. The van der Waals surface area contributed by atoms with Gasteiger partial charge in [0.2, 0.25) is 10.0 Å². The van der Waals surface area contributed by atoms with Gasteiger partial charge in [0, 0.05) is 19.6 Å². The van der Waals surface area contributed by atoms with Gasteiger partial charge in [-0.15, -0.1) is 12.4 Å². The van der Waals surface area contributed by atoms with Gasteiger partial charge < -0.3 is 5.73 Å². The zero-order valence-corrected chi connectivity index (χ0v) is 13.1. The quantitative estimate of drug-likeness (QED) is 0.920. The fourth-order valence-corrected chi connectivity index (χ4v) is 2.95. The molecule has 0 fully saturated rings. The molecule has 0 aromatic heterocycles. The summed E-state index contributed by atoms with van der Waals surface area (Å²) in [4.78, 5) is 0.106. The van der Waals surface area contributed by atoms with Crippen LogP contribution < -0.4 is 5.73 Å². The molecule has 104 valence electrons. The third-order valence-electron chi connectivity index (χ3n) is 2.53. The summed E-state index contributed by atoms with van der Waals surface area (Å²) >= 11 is 11.5. The lowest BCUT2D eigenvalue weighted by atomic mass is 10.4. The highest BCUT2D eigenvalue weighted by Gasteiger charge is 2.25. The molecule has 1 atom stereocenters. The van der Waals surface area contributed by atoms with Crippen LogP contribution in [0.1, 0.15) is 6.92 Å². The Hall–Kier alpha value is -0.0400. The van der Waals surface area contributed by atoms with Crippen LogP contribution in [0.2, 0.25) is 10.0 Å². The van der Waals surface area contributed by atoms with E-state index < -0.39 is 10.0 Å². The summed E-state index contributed by atoms with van der Waals surface area (Å²) in [6, 6.07) is 3.93. The SMILES string of the molecule is CC(CN)N(C)S(=O)(=O)c1ccc(Cl)c(Cl)c1.Cl. The Morgan fingerprint density at radius 2 is 1.89 bits per heavy atom. The number of benzene rings is 1. The van der Waals surface area contributed by atoms with E-state index in [9.17, 15) is 8.42 Å². The minimum atomic E-state index is -3.58. The van der Waals surface area contributed by atoms with Crippen LogP contribution in [0.4, 0.5) is 0 Å². The number of halogens is 3. The molecule has 0 bridgehead atoms. The lowest BCUT2D eigenvalue weighted by Gasteiger charge is -2.23. The van der Waals surface area contributed by atoms with Crippen LogP contribution in [0.5, 0.6) is 0 Å². The fourth-order valence-electron chi connectivity index (χ4n) is 1.19. The Labute approximate surface area is 124 Å². The van der Waals surface area contributed by atoms with Gasteiger partial charge in [0.15, 0.2) is 0 Å². The largest absolute Gasteiger partial charge is 0.329 e. The molecular weight excluding hydrogens is 319 g/mol. The van der Waals surface area contributed by atoms with Crippen molar-refractivity contribution in [1.82, 2.24) is 4.31 Å². The number of nitrogens with zero attached hydrogens (tertiary/aromatic N) is 1. The number of hydrogen-bond donors (Lipinski definition) is 1. The molecule has 0 radical (unpaired) electrons. The van der Waals surface area contributed by atoms with E-state index in [-0.39, 0.29) is 34.9 Å². The van der Waals surface area contributed by atoms with E-state index in [1.54, 1.807) is 6.92 Å². The van der Waals surface area contributed by atoms with Crippen LogP contribution in [-0.2, 0) is 10.0 Å². The minimum Gasteiger partial charge on any atom is -0.329 e. The highest BCUT2D eigenvalue weighted by molar-refractivity contribution is 7.89. The lowest BCUT2D eigenvalue weighted by Crippen LogP contribution is -2.39. The molecule has 18 heavy (non-hydrogen) atoms. The summed E-state index contributed by atoms with van der Waals surface area (Å²) < 4.78 is 25.5. The number of nitrogens with two attached hydrogens (primary N) is 1. The molecule has 0 saturated heterocycles. The smallest absolute Gasteiger partial charge is 0.243 e. The molecule has 1 unspecified atom stereocenters. The van der Waals surface area contributed by atoms with Crippen molar-refractivity contribution < 1.29 is 8.42 Å². The molecule has 2 N–H and O–H groups in total. The first-order valence-electron chi connectivity index (χ1n) is 4.94. The van der Waals surface area contributed by atoms with Gasteiger partial charge in [-0.3, -0.25) is 0 Å². The van der Waals surface area contributed by atoms with E-state index >= 15 is 0 Å². The standard InChI is InChI=1S/C10H14Cl2N2O2S.ClH/c1-7(6-13)14(2)17(15,16)8-3-4-9(11)10(12)5-8;/h3-5,7H,6,13H2,1-2H3;1H. The molecule has 8 heteroatoms. The summed E-state index contributed by atoms with van der Waals surface area (Å²) in [5, 5.41) is 0.529. The second-order valence-electron chi connectivity index (χ2n) is 3.68. The van der Waals surface area contributed by atoms with E-state index in [1.165, 1.54) is 29.6 Å². The van der Waals surface area contributed by atoms with E-state index in [1.807, 2.05) is 0 Å². The Morgan fingerprint density at radius 3 is 2.33 bits per heavy atom. The zero-order valence-electron chi connectivity index (χ0n) is 9.93. The fraction of sp³-hybridized carbons (Fsp3) is 0.400. The second kappa shape index (κ2) is 6.93. The van der Waals surface area contributed by atoms with Gasteiger partial charge in [-0.2, -0.15) is 4.31 Å². The summed E-state index contributed by atoms with van der Waals surface area (Å²) in [5.74, 6) is 0. The normalized spacial score (nSPS) is 13.2. The summed E-state index contributed by atoms with van der Waals surface area (Å²) in [6.45, 7) is 1.98. The number of hydrogen-bond acceptors (Lipinski definition) is 3. The average Bonchev–Trinajstić information content (AvgIpc) is 2.30. The first-order chi connectivity index (χ1) is 7.80. The van der Waals surface area contributed by atoms with Crippen LogP contribution >= 0.6 is 35.6 Å². The molecule has 0 heterocycles. The highest BCUT2D eigenvalue weighted by atomic mass is 35.5. The maximum Gasteiger partial charge on any atom is 0.243 e. The second-order valence-corrected chi connectivity index (χ2v) is 6.49. The number of rotatable bonds is 4. The highest BCUT2D eigenvalue weighted by Crippen LogP contribution is 2.26. The maximum atomic E-state index is 12.2. The molecule has 1 rings (SSSR count). The van der Waals surface area contributed by atoms with Crippen molar-refractivity contribution in [3.8, 4) is 0 Å². The van der Waals surface area contributed by atoms with Crippen molar-refractivity contribution in [1.29, 1.82) is 0 Å². The van der Waals surface area contributed by atoms with Gasteiger partial charge >= 0.3 is 0 Å². The van der Waals surface area contributed by atoms with Crippen molar-refractivity contribution in [2.75, 3.05) is 13.6 Å². The van der Waals surface area contributed by atoms with Gasteiger partial charge in [-0.25, -0.2) is 8.42 Å². The predicted octanol–water partition coefficient (Wildman–Crippen LogP) is 2.38. The Kier molecular flexibility index (Phi) is 6.92. The molecule has 4 nitrogen and oxygen atoms in total. The Morgan fingerprint density at radius 1 is 1.33 bits per heavy atom. The zero-order chi connectivity index (χ0) is 13.2. The van der Waals surface area contributed by atoms with Crippen molar-refractivity contribution in [3.63, 3.8) is 0 Å². The third kappa shape index (κ3) is 3.73. The van der Waals surface area contributed by atoms with Crippen LogP contribution in [0.25, 0.3) is 0 Å².